The number of nitrogens with zero attached hydrogens (tertiary/aromatic N) is 1. The molecule has 0 atom stereocenters. The normalized spacial score (nSPS) is 9.59. The molecule has 0 heterocycles. The number of esters is 2. The predicted molar refractivity (Wildman–Crippen MR) is 60.1 cm³/mol. The SMILES string of the molecule is CCOC(=O)CCN(C)C(=O)CC(=O)OCC. The van der Waals surface area contributed by atoms with Crippen molar-refractivity contribution in [2.75, 3.05) is 26.8 Å². The van der Waals surface area contributed by atoms with Gasteiger partial charge in [0.05, 0.1) is 19.6 Å². The summed E-state index contributed by atoms with van der Waals surface area (Å²) < 4.78 is 9.37. The Morgan fingerprint density at radius 1 is 1.00 bits per heavy atom. The minimum Gasteiger partial charge on any atom is -0.466 e. The Morgan fingerprint density at radius 2 is 1.53 bits per heavy atom. The van der Waals surface area contributed by atoms with E-state index in [-0.39, 0.29) is 37.9 Å². The van der Waals surface area contributed by atoms with Crippen LogP contribution in [0.25, 0.3) is 0 Å². The predicted octanol–water partition coefficient (Wildman–Crippen LogP) is 0.351. The highest BCUT2D eigenvalue weighted by Crippen LogP contribution is 1.97. The lowest BCUT2D eigenvalue weighted by molar-refractivity contribution is -0.148. The van der Waals surface area contributed by atoms with Gasteiger partial charge in [-0.1, -0.05) is 0 Å². The second-order valence-electron chi connectivity index (χ2n) is 3.35. The van der Waals surface area contributed by atoms with E-state index in [4.69, 9.17) is 4.74 Å². The largest absolute Gasteiger partial charge is 0.466 e. The molecule has 0 rings (SSSR count). The molecule has 98 valence electrons. The Bertz CT molecular complexity index is 277. The first-order chi connectivity index (χ1) is 8.01. The lowest BCUT2D eigenvalue weighted by atomic mass is 10.3. The van der Waals surface area contributed by atoms with Gasteiger partial charge in [0.1, 0.15) is 6.42 Å². The molecule has 0 aromatic carbocycles. The molecule has 0 aliphatic carbocycles. The molecule has 0 saturated carbocycles. The standard InChI is InChI=1S/C11H19NO5/c1-4-16-10(14)6-7-12(3)9(13)8-11(15)17-5-2/h4-8H2,1-3H3. The Labute approximate surface area is 101 Å². The van der Waals surface area contributed by atoms with Crippen molar-refractivity contribution in [2.24, 2.45) is 0 Å². The van der Waals surface area contributed by atoms with Gasteiger partial charge in [-0.2, -0.15) is 0 Å². The van der Waals surface area contributed by atoms with E-state index in [1.807, 2.05) is 0 Å². The van der Waals surface area contributed by atoms with E-state index in [2.05, 4.69) is 4.74 Å². The number of carbonyl (C=O) groups excluding carboxylic acids is 3. The third-order valence-corrected chi connectivity index (χ3v) is 1.98. The Hall–Kier alpha value is -1.59. The van der Waals surface area contributed by atoms with Gasteiger partial charge >= 0.3 is 11.9 Å². The lowest BCUT2D eigenvalue weighted by Gasteiger charge is -2.15. The molecular formula is C11H19NO5. The van der Waals surface area contributed by atoms with Crippen LogP contribution in [0.4, 0.5) is 0 Å². The van der Waals surface area contributed by atoms with Crippen LogP contribution in [0, 0.1) is 0 Å². The molecule has 17 heavy (non-hydrogen) atoms. The molecule has 0 aliphatic rings. The Morgan fingerprint density at radius 3 is 2.06 bits per heavy atom. The van der Waals surface area contributed by atoms with Crippen LogP contribution in [0.2, 0.25) is 0 Å². The molecule has 0 bridgehead atoms. The van der Waals surface area contributed by atoms with E-state index >= 15 is 0 Å². The van der Waals surface area contributed by atoms with Crippen molar-refractivity contribution in [2.45, 2.75) is 26.7 Å². The fourth-order valence-corrected chi connectivity index (χ4v) is 1.09. The van der Waals surface area contributed by atoms with Crippen LogP contribution in [0.5, 0.6) is 0 Å². The summed E-state index contributed by atoms with van der Waals surface area (Å²) in [7, 11) is 1.53. The van der Waals surface area contributed by atoms with Crippen molar-refractivity contribution in [3.8, 4) is 0 Å². The van der Waals surface area contributed by atoms with Gasteiger partial charge in [-0.3, -0.25) is 14.4 Å². The second kappa shape index (κ2) is 8.55. The van der Waals surface area contributed by atoms with Crippen LogP contribution in [0.1, 0.15) is 26.7 Å². The highest BCUT2D eigenvalue weighted by Gasteiger charge is 2.15. The minimum atomic E-state index is -0.555. The molecule has 0 aliphatic heterocycles. The summed E-state index contributed by atoms with van der Waals surface area (Å²) in [6.07, 6.45) is -0.175. The lowest BCUT2D eigenvalue weighted by Crippen LogP contribution is -2.31. The molecule has 0 unspecified atom stereocenters. The zero-order valence-corrected chi connectivity index (χ0v) is 10.5. The van der Waals surface area contributed by atoms with Crippen LogP contribution >= 0.6 is 0 Å². The average molecular weight is 245 g/mol. The van der Waals surface area contributed by atoms with Crippen LogP contribution in [-0.4, -0.2) is 49.6 Å². The Balaban J connectivity index is 3.89. The maximum Gasteiger partial charge on any atom is 0.315 e. The van der Waals surface area contributed by atoms with Gasteiger partial charge in [0.2, 0.25) is 5.91 Å². The fraction of sp³-hybridized carbons (Fsp3) is 0.727. The average Bonchev–Trinajstić information content (AvgIpc) is 2.26. The quantitative estimate of drug-likeness (QED) is 0.478. The fourth-order valence-electron chi connectivity index (χ4n) is 1.09. The van der Waals surface area contributed by atoms with E-state index in [1.165, 1.54) is 11.9 Å². The van der Waals surface area contributed by atoms with Gasteiger partial charge in [-0.25, -0.2) is 0 Å². The summed E-state index contributed by atoms with van der Waals surface area (Å²) in [6.45, 7) is 4.19. The summed E-state index contributed by atoms with van der Waals surface area (Å²) in [5.41, 5.74) is 0. The van der Waals surface area contributed by atoms with Crippen molar-refractivity contribution < 1.29 is 23.9 Å². The van der Waals surface area contributed by atoms with Crippen molar-refractivity contribution in [3.63, 3.8) is 0 Å². The summed E-state index contributed by atoms with van der Waals surface area (Å²) >= 11 is 0. The van der Waals surface area contributed by atoms with Crippen LogP contribution in [0.3, 0.4) is 0 Å². The molecule has 0 saturated heterocycles. The van der Waals surface area contributed by atoms with E-state index in [1.54, 1.807) is 13.8 Å². The van der Waals surface area contributed by atoms with Crippen LogP contribution in [0.15, 0.2) is 0 Å². The van der Waals surface area contributed by atoms with Crippen molar-refractivity contribution in [1.29, 1.82) is 0 Å². The first-order valence-corrected chi connectivity index (χ1v) is 5.56. The molecule has 0 aromatic rings. The minimum absolute atomic E-state index is 0.124. The third-order valence-electron chi connectivity index (χ3n) is 1.98. The maximum atomic E-state index is 11.5. The van der Waals surface area contributed by atoms with E-state index in [0.29, 0.717) is 6.61 Å². The highest BCUT2D eigenvalue weighted by atomic mass is 16.5. The monoisotopic (exact) mass is 245 g/mol. The van der Waals surface area contributed by atoms with Crippen molar-refractivity contribution in [3.05, 3.63) is 0 Å². The van der Waals surface area contributed by atoms with Crippen LogP contribution in [-0.2, 0) is 23.9 Å². The molecule has 0 N–H and O–H groups in total. The number of ether oxygens (including phenoxy) is 2. The number of rotatable bonds is 7. The smallest absolute Gasteiger partial charge is 0.315 e. The number of hydrogen-bond donors (Lipinski definition) is 0. The summed E-state index contributed by atoms with van der Waals surface area (Å²) in [6, 6.07) is 0. The summed E-state index contributed by atoms with van der Waals surface area (Å²) in [5.74, 6) is -1.28. The van der Waals surface area contributed by atoms with E-state index < -0.39 is 5.97 Å². The van der Waals surface area contributed by atoms with Crippen molar-refractivity contribution >= 4 is 17.8 Å². The first kappa shape index (κ1) is 15.4. The third kappa shape index (κ3) is 7.32. The van der Waals surface area contributed by atoms with Gasteiger partial charge in [0, 0.05) is 13.6 Å². The molecular weight excluding hydrogens is 226 g/mol. The Kier molecular flexibility index (Phi) is 7.75. The first-order valence-electron chi connectivity index (χ1n) is 5.56. The van der Waals surface area contributed by atoms with E-state index in [9.17, 15) is 14.4 Å². The zero-order valence-electron chi connectivity index (χ0n) is 10.5. The molecule has 1 amide bonds. The van der Waals surface area contributed by atoms with E-state index in [0.717, 1.165) is 0 Å². The zero-order chi connectivity index (χ0) is 13.3. The number of carbonyl (C=O) groups is 3. The maximum absolute atomic E-state index is 11.5. The molecule has 6 heteroatoms. The van der Waals surface area contributed by atoms with Gasteiger partial charge in [-0.05, 0) is 13.8 Å². The molecule has 0 radical (unpaired) electrons. The molecule has 0 fully saturated rings. The topological polar surface area (TPSA) is 72.9 Å². The highest BCUT2D eigenvalue weighted by molar-refractivity contribution is 5.94. The summed E-state index contributed by atoms with van der Waals surface area (Å²) in [4.78, 5) is 34.9. The van der Waals surface area contributed by atoms with Crippen molar-refractivity contribution in [1.82, 2.24) is 4.90 Å². The van der Waals surface area contributed by atoms with Gasteiger partial charge in [0.15, 0.2) is 0 Å². The number of hydrogen-bond acceptors (Lipinski definition) is 5. The molecule has 0 spiro atoms. The van der Waals surface area contributed by atoms with Gasteiger partial charge in [0.25, 0.3) is 0 Å². The molecule has 0 aromatic heterocycles. The number of amides is 1. The van der Waals surface area contributed by atoms with Crippen LogP contribution < -0.4 is 0 Å². The second-order valence-corrected chi connectivity index (χ2v) is 3.35. The molecule has 6 nitrogen and oxygen atoms in total. The van der Waals surface area contributed by atoms with Gasteiger partial charge < -0.3 is 14.4 Å². The van der Waals surface area contributed by atoms with Gasteiger partial charge in [-0.15, -0.1) is 0 Å². The summed E-state index contributed by atoms with van der Waals surface area (Å²) in [5, 5.41) is 0.